The van der Waals surface area contributed by atoms with Crippen molar-refractivity contribution in [2.45, 2.75) is 38.8 Å². The van der Waals surface area contributed by atoms with Crippen LogP contribution in [0.2, 0.25) is 0 Å². The van der Waals surface area contributed by atoms with Gasteiger partial charge in [-0.15, -0.1) is 0 Å². The Balaban J connectivity index is 1.97. The first-order valence-corrected chi connectivity index (χ1v) is 6.48. The van der Waals surface area contributed by atoms with E-state index < -0.39 is 0 Å². The molecule has 1 saturated carbocycles. The van der Waals surface area contributed by atoms with Crippen molar-refractivity contribution in [1.29, 1.82) is 0 Å². The minimum absolute atomic E-state index is 0.256. The molecule has 0 heterocycles. The molecular weight excluding hydrogens is 218 g/mol. The van der Waals surface area contributed by atoms with Crippen molar-refractivity contribution >= 4 is 0 Å². The van der Waals surface area contributed by atoms with E-state index in [2.05, 4.69) is 19.2 Å². The predicted molar refractivity (Wildman–Crippen MR) is 68.3 cm³/mol. The lowest BCUT2D eigenvalue weighted by molar-refractivity contribution is -0.118. The first-order valence-electron chi connectivity index (χ1n) is 6.48. The van der Waals surface area contributed by atoms with Gasteiger partial charge in [0.25, 0.3) is 0 Å². The molecule has 4 heteroatoms. The Kier molecular flexibility index (Phi) is 6.41. The highest BCUT2D eigenvalue weighted by molar-refractivity contribution is 5.02. The highest BCUT2D eigenvalue weighted by atomic mass is 16.5. The normalized spacial score (nSPS) is 26.8. The standard InChI is InChI=1S/C13H27NO3/c1-13(2)11(14-3)10-12(13)17-7-5-6-16-9-8-15-4/h11-12,14H,5-10H2,1-4H3. The van der Waals surface area contributed by atoms with Crippen LogP contribution in [-0.4, -0.2) is 52.7 Å². The first kappa shape index (κ1) is 14.9. The van der Waals surface area contributed by atoms with E-state index >= 15 is 0 Å². The molecule has 1 N–H and O–H groups in total. The Morgan fingerprint density at radius 3 is 2.53 bits per heavy atom. The number of hydrogen-bond donors (Lipinski definition) is 1. The van der Waals surface area contributed by atoms with Gasteiger partial charge in [-0.1, -0.05) is 13.8 Å². The molecule has 102 valence electrons. The molecule has 1 rings (SSSR count). The zero-order valence-electron chi connectivity index (χ0n) is 11.6. The average molecular weight is 245 g/mol. The maximum Gasteiger partial charge on any atom is 0.0700 e. The third-order valence-corrected chi connectivity index (χ3v) is 3.71. The van der Waals surface area contributed by atoms with Gasteiger partial charge in [0.1, 0.15) is 0 Å². The average Bonchev–Trinajstić information content (AvgIpc) is 2.31. The Morgan fingerprint density at radius 2 is 1.94 bits per heavy atom. The third kappa shape index (κ3) is 4.21. The van der Waals surface area contributed by atoms with E-state index in [-0.39, 0.29) is 5.41 Å². The number of ether oxygens (including phenoxy) is 3. The summed E-state index contributed by atoms with van der Waals surface area (Å²) >= 11 is 0. The summed E-state index contributed by atoms with van der Waals surface area (Å²) in [4.78, 5) is 0. The summed E-state index contributed by atoms with van der Waals surface area (Å²) in [5.74, 6) is 0. The van der Waals surface area contributed by atoms with E-state index in [0.29, 0.717) is 25.4 Å². The van der Waals surface area contributed by atoms with Crippen LogP contribution in [0.25, 0.3) is 0 Å². The molecule has 4 nitrogen and oxygen atoms in total. The van der Waals surface area contributed by atoms with E-state index in [1.165, 1.54) is 0 Å². The van der Waals surface area contributed by atoms with E-state index in [4.69, 9.17) is 14.2 Å². The minimum Gasteiger partial charge on any atom is -0.382 e. The van der Waals surface area contributed by atoms with Crippen LogP contribution in [0.3, 0.4) is 0 Å². The topological polar surface area (TPSA) is 39.7 Å². The fourth-order valence-corrected chi connectivity index (χ4v) is 2.29. The monoisotopic (exact) mass is 245 g/mol. The Morgan fingerprint density at radius 1 is 1.18 bits per heavy atom. The van der Waals surface area contributed by atoms with Gasteiger partial charge in [0.15, 0.2) is 0 Å². The highest BCUT2D eigenvalue weighted by Gasteiger charge is 2.47. The van der Waals surface area contributed by atoms with Gasteiger partial charge in [-0.05, 0) is 19.9 Å². The second-order valence-electron chi connectivity index (χ2n) is 5.22. The molecule has 1 fully saturated rings. The lowest BCUT2D eigenvalue weighted by atomic mass is 9.64. The van der Waals surface area contributed by atoms with E-state index in [1.54, 1.807) is 7.11 Å². The van der Waals surface area contributed by atoms with Gasteiger partial charge in [0.05, 0.1) is 19.3 Å². The van der Waals surface area contributed by atoms with Gasteiger partial charge in [-0.3, -0.25) is 0 Å². The molecule has 17 heavy (non-hydrogen) atoms. The Labute approximate surface area is 105 Å². The van der Waals surface area contributed by atoms with Crippen LogP contribution in [0.1, 0.15) is 26.7 Å². The molecule has 1 aliphatic carbocycles. The van der Waals surface area contributed by atoms with Crippen molar-refractivity contribution in [2.24, 2.45) is 5.41 Å². The summed E-state index contributed by atoms with van der Waals surface area (Å²) in [6, 6.07) is 0.588. The van der Waals surface area contributed by atoms with E-state index in [9.17, 15) is 0 Å². The van der Waals surface area contributed by atoms with Crippen molar-refractivity contribution in [1.82, 2.24) is 5.32 Å². The Bertz CT molecular complexity index is 209. The van der Waals surface area contributed by atoms with Crippen molar-refractivity contribution in [3.05, 3.63) is 0 Å². The maximum absolute atomic E-state index is 5.88. The molecular formula is C13H27NO3. The Hall–Kier alpha value is -0.160. The largest absolute Gasteiger partial charge is 0.382 e. The third-order valence-electron chi connectivity index (χ3n) is 3.71. The molecule has 2 atom stereocenters. The SMILES string of the molecule is CNC1CC(OCCCOCCOC)C1(C)C. The molecule has 0 saturated heterocycles. The lowest BCUT2D eigenvalue weighted by Crippen LogP contribution is -2.60. The van der Waals surface area contributed by atoms with Crippen molar-refractivity contribution in [3.63, 3.8) is 0 Å². The van der Waals surface area contributed by atoms with Crippen molar-refractivity contribution < 1.29 is 14.2 Å². The van der Waals surface area contributed by atoms with Gasteiger partial charge in [-0.2, -0.15) is 0 Å². The van der Waals surface area contributed by atoms with Gasteiger partial charge < -0.3 is 19.5 Å². The van der Waals surface area contributed by atoms with E-state index in [0.717, 1.165) is 26.1 Å². The minimum atomic E-state index is 0.256. The number of hydrogen-bond acceptors (Lipinski definition) is 4. The quantitative estimate of drug-likeness (QED) is 0.624. The lowest BCUT2D eigenvalue weighted by Gasteiger charge is -2.51. The smallest absolute Gasteiger partial charge is 0.0700 e. The van der Waals surface area contributed by atoms with Gasteiger partial charge in [-0.25, -0.2) is 0 Å². The molecule has 2 unspecified atom stereocenters. The van der Waals surface area contributed by atoms with E-state index in [1.807, 2.05) is 7.05 Å². The zero-order chi connectivity index (χ0) is 12.7. The van der Waals surface area contributed by atoms with Crippen molar-refractivity contribution in [3.8, 4) is 0 Å². The van der Waals surface area contributed by atoms with Gasteiger partial charge in [0, 0.05) is 31.8 Å². The number of methoxy groups -OCH3 is 1. The predicted octanol–water partition coefficient (Wildman–Crippen LogP) is 1.44. The number of rotatable bonds is 9. The van der Waals surface area contributed by atoms with Crippen LogP contribution >= 0.6 is 0 Å². The fourth-order valence-electron chi connectivity index (χ4n) is 2.29. The van der Waals surface area contributed by atoms with Crippen LogP contribution in [0.4, 0.5) is 0 Å². The van der Waals surface area contributed by atoms with Crippen LogP contribution in [0, 0.1) is 5.41 Å². The molecule has 1 aliphatic rings. The summed E-state index contributed by atoms with van der Waals surface area (Å²) < 4.78 is 16.2. The van der Waals surface area contributed by atoms with Crippen LogP contribution in [-0.2, 0) is 14.2 Å². The summed E-state index contributed by atoms with van der Waals surface area (Å²) in [5.41, 5.74) is 0.256. The second-order valence-corrected chi connectivity index (χ2v) is 5.22. The molecule has 0 aromatic rings. The molecule has 0 aliphatic heterocycles. The van der Waals surface area contributed by atoms with Crippen LogP contribution in [0.5, 0.6) is 0 Å². The van der Waals surface area contributed by atoms with Crippen LogP contribution in [0.15, 0.2) is 0 Å². The summed E-state index contributed by atoms with van der Waals surface area (Å²) in [6.45, 7) is 7.41. The number of nitrogens with one attached hydrogen (secondary N) is 1. The fraction of sp³-hybridized carbons (Fsp3) is 1.00. The van der Waals surface area contributed by atoms with Crippen molar-refractivity contribution in [2.75, 3.05) is 40.6 Å². The van der Waals surface area contributed by atoms with Gasteiger partial charge in [0.2, 0.25) is 0 Å². The maximum atomic E-state index is 5.88. The summed E-state index contributed by atoms with van der Waals surface area (Å²) in [6.07, 6.45) is 2.47. The highest BCUT2D eigenvalue weighted by Crippen LogP contribution is 2.42. The first-order chi connectivity index (χ1) is 8.12. The zero-order valence-corrected chi connectivity index (χ0v) is 11.6. The van der Waals surface area contributed by atoms with Crippen LogP contribution < -0.4 is 5.32 Å². The molecule has 0 amide bonds. The molecule has 0 spiro atoms. The second kappa shape index (κ2) is 7.31. The summed E-state index contributed by atoms with van der Waals surface area (Å²) in [7, 11) is 3.70. The molecule has 0 aromatic heterocycles. The molecule has 0 bridgehead atoms. The molecule has 0 radical (unpaired) electrons. The van der Waals surface area contributed by atoms with Gasteiger partial charge >= 0.3 is 0 Å². The summed E-state index contributed by atoms with van der Waals surface area (Å²) in [5, 5.41) is 3.33. The molecule has 0 aromatic carbocycles.